The molecule has 0 radical (unpaired) electrons. The van der Waals surface area contributed by atoms with Crippen molar-refractivity contribution in [2.45, 2.75) is 0 Å². The van der Waals surface area contributed by atoms with E-state index in [0.717, 1.165) is 17.1 Å². The van der Waals surface area contributed by atoms with Gasteiger partial charge in [-0.25, -0.2) is 0 Å². The van der Waals surface area contributed by atoms with Crippen LogP contribution in [0.4, 0.5) is 0 Å². The molecule has 3 aromatic heterocycles. The zero-order chi connectivity index (χ0) is 37.5. The molecule has 0 aliphatic carbocycles. The largest absolute Gasteiger partial charge is 0.309 e. The van der Waals surface area contributed by atoms with Crippen molar-refractivity contribution in [3.63, 3.8) is 0 Å². The Morgan fingerprint density at radius 3 is 1.32 bits per heavy atom. The van der Waals surface area contributed by atoms with Crippen LogP contribution in [0.2, 0.25) is 0 Å². The first-order valence-corrected chi connectivity index (χ1v) is 19.6. The number of aromatic nitrogens is 3. The van der Waals surface area contributed by atoms with Gasteiger partial charge in [0.25, 0.3) is 0 Å². The quantitative estimate of drug-likeness (QED) is 0.168. The summed E-state index contributed by atoms with van der Waals surface area (Å²) in [6, 6.07) is 77.5. The maximum atomic E-state index is 2.45. The topological polar surface area (TPSA) is 14.8 Å². The Bertz CT molecular complexity index is 3460. The molecule has 0 saturated carbocycles. The molecule has 0 N–H and O–H groups in total. The van der Waals surface area contributed by atoms with Crippen LogP contribution in [0.5, 0.6) is 0 Å². The highest BCUT2D eigenvalue weighted by molar-refractivity contribution is 6.18. The number of benzene rings is 9. The highest BCUT2D eigenvalue weighted by Gasteiger charge is 2.22. The summed E-state index contributed by atoms with van der Waals surface area (Å²) >= 11 is 0. The number of hydrogen-bond acceptors (Lipinski definition) is 0. The van der Waals surface area contributed by atoms with Crippen LogP contribution in [-0.4, -0.2) is 13.7 Å². The van der Waals surface area contributed by atoms with Gasteiger partial charge in [-0.2, -0.15) is 0 Å². The fourth-order valence-corrected chi connectivity index (χ4v) is 9.44. The van der Waals surface area contributed by atoms with E-state index in [1.54, 1.807) is 0 Å². The molecule has 0 aliphatic rings. The number of nitrogens with zero attached hydrogens (tertiary/aromatic N) is 3. The molecule has 0 spiro atoms. The van der Waals surface area contributed by atoms with Gasteiger partial charge in [-0.15, -0.1) is 0 Å². The Morgan fingerprint density at radius 1 is 0.246 bits per heavy atom. The highest BCUT2D eigenvalue weighted by atomic mass is 15.0. The zero-order valence-electron chi connectivity index (χ0n) is 31.0. The van der Waals surface area contributed by atoms with Crippen LogP contribution in [0, 0.1) is 0 Å². The van der Waals surface area contributed by atoms with Gasteiger partial charge in [0.05, 0.1) is 33.1 Å². The van der Waals surface area contributed by atoms with Crippen LogP contribution in [-0.2, 0) is 0 Å². The second-order valence-electron chi connectivity index (χ2n) is 14.9. The number of rotatable bonds is 5. The summed E-state index contributed by atoms with van der Waals surface area (Å²) in [5, 5.41) is 7.48. The molecule has 57 heavy (non-hydrogen) atoms. The Kier molecular flexibility index (Phi) is 6.93. The van der Waals surface area contributed by atoms with Crippen LogP contribution < -0.4 is 0 Å². The van der Waals surface area contributed by atoms with Gasteiger partial charge >= 0.3 is 0 Å². The van der Waals surface area contributed by atoms with E-state index < -0.39 is 0 Å². The third kappa shape index (κ3) is 4.73. The standard InChI is InChI=1S/C54H35N3/c1-3-19-38(20-4-1)55-51-32-14-10-26-46(51)53-47(34-40(35-52(53)55)56-48-29-11-7-23-42(48)43-24-8-12-30-49(43)56)37-18-15-17-36(33-37)41-27-16-28-45-44-25-9-13-31-50(44)57(54(41)45)39-21-5-2-6-22-39/h1-35H. The minimum absolute atomic E-state index is 1.13. The second kappa shape index (κ2) is 12.5. The lowest BCUT2D eigenvalue weighted by Crippen LogP contribution is -1.98. The van der Waals surface area contributed by atoms with E-state index in [1.165, 1.54) is 87.7 Å². The fourth-order valence-electron chi connectivity index (χ4n) is 9.44. The average Bonchev–Trinajstić information content (AvgIpc) is 3.93. The van der Waals surface area contributed by atoms with E-state index in [0.29, 0.717) is 0 Å². The first kappa shape index (κ1) is 31.7. The lowest BCUT2D eigenvalue weighted by atomic mass is 9.94. The van der Waals surface area contributed by atoms with Crippen molar-refractivity contribution < 1.29 is 0 Å². The van der Waals surface area contributed by atoms with E-state index in [-0.39, 0.29) is 0 Å². The minimum Gasteiger partial charge on any atom is -0.309 e. The molecule has 0 aliphatic heterocycles. The summed E-state index contributed by atoms with van der Waals surface area (Å²) in [6.07, 6.45) is 0. The van der Waals surface area contributed by atoms with Gasteiger partial charge in [-0.1, -0.05) is 146 Å². The molecule has 12 aromatic rings. The van der Waals surface area contributed by atoms with Crippen LogP contribution in [0.3, 0.4) is 0 Å². The van der Waals surface area contributed by atoms with Crippen molar-refractivity contribution in [2.75, 3.05) is 0 Å². The Balaban J connectivity index is 1.18. The summed E-state index contributed by atoms with van der Waals surface area (Å²) in [7, 11) is 0. The van der Waals surface area contributed by atoms with Gasteiger partial charge < -0.3 is 13.7 Å². The fraction of sp³-hybridized carbons (Fsp3) is 0. The van der Waals surface area contributed by atoms with E-state index in [9.17, 15) is 0 Å². The second-order valence-corrected chi connectivity index (χ2v) is 14.9. The molecule has 9 aromatic carbocycles. The molecule has 3 nitrogen and oxygen atoms in total. The molecule has 0 amide bonds. The Hall–Kier alpha value is -7.62. The van der Waals surface area contributed by atoms with Crippen molar-refractivity contribution >= 4 is 65.4 Å². The number of hydrogen-bond donors (Lipinski definition) is 0. The third-order valence-corrected chi connectivity index (χ3v) is 11.8. The first-order chi connectivity index (χ1) is 28.3. The van der Waals surface area contributed by atoms with E-state index in [1.807, 2.05) is 0 Å². The van der Waals surface area contributed by atoms with Gasteiger partial charge in [0, 0.05) is 54.9 Å². The van der Waals surface area contributed by atoms with Gasteiger partial charge in [0.1, 0.15) is 0 Å². The highest BCUT2D eigenvalue weighted by Crippen LogP contribution is 2.44. The Labute approximate surface area is 329 Å². The molecule has 3 heteroatoms. The van der Waals surface area contributed by atoms with Crippen molar-refractivity contribution in [3.05, 3.63) is 212 Å². The lowest BCUT2D eigenvalue weighted by molar-refractivity contribution is 1.15. The normalized spacial score (nSPS) is 11.9. The summed E-state index contributed by atoms with van der Waals surface area (Å²) in [5.74, 6) is 0. The zero-order valence-corrected chi connectivity index (χ0v) is 31.0. The summed E-state index contributed by atoms with van der Waals surface area (Å²) in [5.41, 5.74) is 15.4. The molecule has 0 saturated heterocycles. The van der Waals surface area contributed by atoms with Crippen LogP contribution in [0.1, 0.15) is 0 Å². The maximum Gasteiger partial charge on any atom is 0.0619 e. The third-order valence-electron chi connectivity index (χ3n) is 11.8. The van der Waals surface area contributed by atoms with E-state index in [4.69, 9.17) is 0 Å². The average molecular weight is 726 g/mol. The smallest absolute Gasteiger partial charge is 0.0619 e. The SMILES string of the molecule is c1ccc(-n2c3ccccc3c3c(-c4cccc(-c5cccc6c7ccccc7n(-c7ccccc7)c56)c4)cc(-n4c5ccccc5c5ccccc54)cc32)cc1. The monoisotopic (exact) mass is 725 g/mol. The van der Waals surface area contributed by atoms with E-state index in [2.05, 4.69) is 226 Å². The van der Waals surface area contributed by atoms with Crippen molar-refractivity contribution in [3.8, 4) is 39.3 Å². The van der Waals surface area contributed by atoms with Crippen molar-refractivity contribution in [1.29, 1.82) is 0 Å². The van der Waals surface area contributed by atoms with Crippen LogP contribution >= 0.6 is 0 Å². The predicted molar refractivity (Wildman–Crippen MR) is 240 cm³/mol. The molecule has 12 rings (SSSR count). The molecule has 0 fully saturated rings. The molecule has 266 valence electrons. The van der Waals surface area contributed by atoms with E-state index >= 15 is 0 Å². The lowest BCUT2D eigenvalue weighted by Gasteiger charge is -2.16. The Morgan fingerprint density at radius 2 is 0.684 bits per heavy atom. The van der Waals surface area contributed by atoms with Gasteiger partial charge in [-0.3, -0.25) is 0 Å². The predicted octanol–water partition coefficient (Wildman–Crippen LogP) is 14.3. The summed E-state index contributed by atoms with van der Waals surface area (Å²) < 4.78 is 7.32. The molecule has 0 atom stereocenters. The summed E-state index contributed by atoms with van der Waals surface area (Å²) in [6.45, 7) is 0. The maximum absolute atomic E-state index is 2.45. The van der Waals surface area contributed by atoms with Crippen LogP contribution in [0.25, 0.3) is 105 Å². The van der Waals surface area contributed by atoms with Crippen molar-refractivity contribution in [1.82, 2.24) is 13.7 Å². The molecule has 0 bridgehead atoms. The number of para-hydroxylation sites is 7. The van der Waals surface area contributed by atoms with Gasteiger partial charge in [-0.05, 0) is 83.4 Å². The molecular formula is C54H35N3. The van der Waals surface area contributed by atoms with Crippen molar-refractivity contribution in [2.24, 2.45) is 0 Å². The van der Waals surface area contributed by atoms with Crippen LogP contribution in [0.15, 0.2) is 212 Å². The first-order valence-electron chi connectivity index (χ1n) is 19.6. The minimum atomic E-state index is 1.13. The molecular weight excluding hydrogens is 691 g/mol. The molecule has 3 heterocycles. The number of fused-ring (bicyclic) bond motifs is 9. The van der Waals surface area contributed by atoms with Gasteiger partial charge in [0.15, 0.2) is 0 Å². The summed E-state index contributed by atoms with van der Waals surface area (Å²) in [4.78, 5) is 0. The molecule has 0 unspecified atom stereocenters. The van der Waals surface area contributed by atoms with Gasteiger partial charge in [0.2, 0.25) is 0 Å².